The molecule has 1 aromatic carbocycles. The zero-order valence-corrected chi connectivity index (χ0v) is 12.0. The zero-order chi connectivity index (χ0) is 14.3. The summed E-state index contributed by atoms with van der Waals surface area (Å²) in [7, 11) is 0. The first-order chi connectivity index (χ1) is 9.49. The molecule has 0 spiro atoms. The lowest BCUT2D eigenvalue weighted by molar-refractivity contribution is -0.384. The summed E-state index contributed by atoms with van der Waals surface area (Å²) < 4.78 is 5.76. The van der Waals surface area contributed by atoms with Crippen LogP contribution >= 0.6 is 15.9 Å². The number of hydrogen-bond donors (Lipinski definition) is 1. The van der Waals surface area contributed by atoms with Gasteiger partial charge in [-0.05, 0) is 31.4 Å². The molecule has 0 saturated heterocycles. The minimum Gasteiger partial charge on any atom is -0.334 e. The normalized spacial score (nSPS) is 16.7. The van der Waals surface area contributed by atoms with Gasteiger partial charge in [0.05, 0.1) is 10.5 Å². The van der Waals surface area contributed by atoms with E-state index in [1.54, 1.807) is 12.1 Å². The van der Waals surface area contributed by atoms with Crippen molar-refractivity contribution in [2.75, 3.05) is 0 Å². The van der Waals surface area contributed by atoms with Crippen molar-refractivity contribution in [2.24, 2.45) is 5.73 Å². The van der Waals surface area contributed by atoms with Crippen LogP contribution in [0.4, 0.5) is 5.69 Å². The molecule has 1 aliphatic rings. The molecule has 0 radical (unpaired) electrons. The van der Waals surface area contributed by atoms with Gasteiger partial charge < -0.3 is 10.3 Å². The Labute approximate surface area is 122 Å². The zero-order valence-electron chi connectivity index (χ0n) is 10.4. The predicted octanol–water partition coefficient (Wildman–Crippen LogP) is 2.75. The number of nitro groups is 1. The standard InChI is InChI=1S/C12H11BrN4O3/c13-7-2-3-8(9(6-7)17(18)19)10-15-11(16-20-10)12(14)4-1-5-12/h2-3,6H,1,4-5,14H2. The molecule has 2 aromatic rings. The topological polar surface area (TPSA) is 108 Å². The summed E-state index contributed by atoms with van der Waals surface area (Å²) >= 11 is 3.20. The lowest BCUT2D eigenvalue weighted by Gasteiger charge is -2.34. The molecule has 0 bridgehead atoms. The van der Waals surface area contributed by atoms with Crippen molar-refractivity contribution in [1.29, 1.82) is 0 Å². The van der Waals surface area contributed by atoms with Gasteiger partial charge in [0, 0.05) is 10.5 Å². The van der Waals surface area contributed by atoms with E-state index in [2.05, 4.69) is 26.1 Å². The van der Waals surface area contributed by atoms with E-state index in [1.807, 2.05) is 0 Å². The lowest BCUT2D eigenvalue weighted by atomic mass is 9.77. The third-order valence-electron chi connectivity index (χ3n) is 3.50. The molecule has 1 aromatic heterocycles. The van der Waals surface area contributed by atoms with E-state index >= 15 is 0 Å². The third kappa shape index (κ3) is 2.10. The van der Waals surface area contributed by atoms with Crippen LogP contribution in [0.15, 0.2) is 27.2 Å². The SMILES string of the molecule is NC1(c2noc(-c3ccc(Br)cc3[N+](=O)[O-])n2)CCC1. The fraction of sp³-hybridized carbons (Fsp3) is 0.333. The molecule has 0 atom stereocenters. The molecular formula is C12H11BrN4O3. The largest absolute Gasteiger partial charge is 0.334 e. The van der Waals surface area contributed by atoms with Gasteiger partial charge in [-0.25, -0.2) is 0 Å². The summed E-state index contributed by atoms with van der Waals surface area (Å²) in [5.41, 5.74) is 5.76. The van der Waals surface area contributed by atoms with Gasteiger partial charge in [-0.2, -0.15) is 4.98 Å². The number of halogens is 1. The predicted molar refractivity (Wildman–Crippen MR) is 73.8 cm³/mol. The summed E-state index contributed by atoms with van der Waals surface area (Å²) in [5, 5.41) is 15.0. The molecule has 0 aliphatic heterocycles. The van der Waals surface area contributed by atoms with Crippen molar-refractivity contribution in [1.82, 2.24) is 10.1 Å². The van der Waals surface area contributed by atoms with Crippen LogP contribution in [0.25, 0.3) is 11.5 Å². The number of nitrogens with zero attached hydrogens (tertiary/aromatic N) is 3. The fourth-order valence-electron chi connectivity index (χ4n) is 2.15. The maximum atomic E-state index is 11.1. The molecular weight excluding hydrogens is 328 g/mol. The number of nitrogens with two attached hydrogens (primary N) is 1. The first-order valence-corrected chi connectivity index (χ1v) is 6.86. The van der Waals surface area contributed by atoms with E-state index in [0.717, 1.165) is 19.3 Å². The summed E-state index contributed by atoms with van der Waals surface area (Å²) in [6, 6.07) is 4.66. The third-order valence-corrected chi connectivity index (χ3v) is 4.00. The average molecular weight is 339 g/mol. The molecule has 0 unspecified atom stereocenters. The van der Waals surface area contributed by atoms with Crippen LogP contribution in [0, 0.1) is 10.1 Å². The number of benzene rings is 1. The van der Waals surface area contributed by atoms with Gasteiger partial charge in [-0.15, -0.1) is 0 Å². The van der Waals surface area contributed by atoms with Gasteiger partial charge in [0.1, 0.15) is 5.56 Å². The van der Waals surface area contributed by atoms with Crippen LogP contribution in [-0.2, 0) is 5.54 Å². The van der Waals surface area contributed by atoms with Crippen LogP contribution in [0.2, 0.25) is 0 Å². The van der Waals surface area contributed by atoms with Gasteiger partial charge in [0.2, 0.25) is 0 Å². The van der Waals surface area contributed by atoms with Gasteiger partial charge in [-0.3, -0.25) is 10.1 Å². The molecule has 1 aliphatic carbocycles. The maximum Gasteiger partial charge on any atom is 0.283 e. The van der Waals surface area contributed by atoms with Gasteiger partial charge in [0.15, 0.2) is 5.82 Å². The van der Waals surface area contributed by atoms with Crippen molar-refractivity contribution >= 4 is 21.6 Å². The molecule has 104 valence electrons. The summed E-state index contributed by atoms with van der Waals surface area (Å²) in [5.74, 6) is 0.534. The Morgan fingerprint density at radius 1 is 1.45 bits per heavy atom. The van der Waals surface area contributed by atoms with Crippen molar-refractivity contribution < 1.29 is 9.45 Å². The molecule has 2 N–H and O–H groups in total. The summed E-state index contributed by atoms with van der Waals surface area (Å²) in [6.45, 7) is 0. The Balaban J connectivity index is 2.03. The minimum atomic E-state index is -0.550. The Bertz CT molecular complexity index is 681. The first kappa shape index (κ1) is 13.2. The maximum absolute atomic E-state index is 11.1. The number of hydrogen-bond acceptors (Lipinski definition) is 6. The number of nitro benzene ring substituents is 1. The highest BCUT2D eigenvalue weighted by Gasteiger charge is 2.39. The smallest absolute Gasteiger partial charge is 0.283 e. The van der Waals surface area contributed by atoms with Crippen LogP contribution in [0.1, 0.15) is 25.1 Å². The molecule has 20 heavy (non-hydrogen) atoms. The van der Waals surface area contributed by atoms with E-state index in [4.69, 9.17) is 10.3 Å². The Morgan fingerprint density at radius 2 is 2.20 bits per heavy atom. The average Bonchev–Trinajstić information content (AvgIpc) is 2.85. The van der Waals surface area contributed by atoms with Gasteiger partial charge >= 0.3 is 0 Å². The Kier molecular flexibility index (Phi) is 3.06. The second-order valence-corrected chi connectivity index (χ2v) is 5.77. The minimum absolute atomic E-state index is 0.0887. The lowest BCUT2D eigenvalue weighted by Crippen LogP contribution is -2.44. The highest BCUT2D eigenvalue weighted by molar-refractivity contribution is 9.10. The van der Waals surface area contributed by atoms with E-state index in [-0.39, 0.29) is 11.6 Å². The van der Waals surface area contributed by atoms with Crippen LogP contribution < -0.4 is 5.73 Å². The Morgan fingerprint density at radius 3 is 2.80 bits per heavy atom. The molecule has 7 nitrogen and oxygen atoms in total. The molecule has 3 rings (SSSR count). The molecule has 1 heterocycles. The number of rotatable bonds is 3. The quantitative estimate of drug-likeness (QED) is 0.680. The highest BCUT2D eigenvalue weighted by Crippen LogP contribution is 2.38. The Hall–Kier alpha value is -1.80. The second kappa shape index (κ2) is 4.64. The van der Waals surface area contributed by atoms with Crippen molar-refractivity contribution in [3.05, 3.63) is 38.6 Å². The second-order valence-electron chi connectivity index (χ2n) is 4.85. The van der Waals surface area contributed by atoms with E-state index < -0.39 is 10.5 Å². The van der Waals surface area contributed by atoms with E-state index in [9.17, 15) is 10.1 Å². The van der Waals surface area contributed by atoms with Crippen molar-refractivity contribution in [2.45, 2.75) is 24.8 Å². The molecule has 1 saturated carbocycles. The first-order valence-electron chi connectivity index (χ1n) is 6.07. The van der Waals surface area contributed by atoms with Crippen LogP contribution in [0.5, 0.6) is 0 Å². The van der Waals surface area contributed by atoms with Crippen molar-refractivity contribution in [3.8, 4) is 11.5 Å². The van der Waals surface area contributed by atoms with E-state index in [1.165, 1.54) is 6.07 Å². The monoisotopic (exact) mass is 338 g/mol. The molecule has 0 amide bonds. The van der Waals surface area contributed by atoms with Crippen LogP contribution in [-0.4, -0.2) is 15.1 Å². The van der Waals surface area contributed by atoms with Gasteiger partial charge in [0.25, 0.3) is 11.6 Å². The van der Waals surface area contributed by atoms with Crippen LogP contribution in [0.3, 0.4) is 0 Å². The van der Waals surface area contributed by atoms with Crippen molar-refractivity contribution in [3.63, 3.8) is 0 Å². The summed E-state index contributed by atoms with van der Waals surface area (Å²) in [6.07, 6.45) is 2.63. The van der Waals surface area contributed by atoms with Gasteiger partial charge in [-0.1, -0.05) is 21.1 Å². The molecule has 1 fully saturated rings. The number of aromatic nitrogens is 2. The fourth-order valence-corrected chi connectivity index (χ4v) is 2.50. The summed E-state index contributed by atoms with van der Waals surface area (Å²) in [4.78, 5) is 14.8. The van der Waals surface area contributed by atoms with E-state index in [0.29, 0.717) is 15.9 Å². The molecule has 8 heteroatoms. The highest BCUT2D eigenvalue weighted by atomic mass is 79.9.